The average molecular weight is 344 g/mol. The number of esters is 1. The Morgan fingerprint density at radius 2 is 2.00 bits per heavy atom. The maximum Gasteiger partial charge on any atom is 0.339 e. The van der Waals surface area contributed by atoms with E-state index in [1.165, 1.54) is 14.0 Å². The van der Waals surface area contributed by atoms with Gasteiger partial charge in [0.2, 0.25) is 10.0 Å². The first kappa shape index (κ1) is 19.0. The lowest BCUT2D eigenvalue weighted by Gasteiger charge is -2.17. The Labute approximate surface area is 134 Å². The molecular formula is C14H20N2O6S. The van der Waals surface area contributed by atoms with E-state index in [1.807, 2.05) is 0 Å². The Morgan fingerprint density at radius 1 is 1.39 bits per heavy atom. The number of aliphatic carboxylic acids is 1. The van der Waals surface area contributed by atoms with Gasteiger partial charge in [-0.3, -0.25) is 9.78 Å². The van der Waals surface area contributed by atoms with Crippen LogP contribution in [0, 0.1) is 12.8 Å². The van der Waals surface area contributed by atoms with Crippen LogP contribution in [0.25, 0.3) is 0 Å². The fraction of sp³-hybridized carbons (Fsp3) is 0.500. The van der Waals surface area contributed by atoms with Crippen molar-refractivity contribution in [1.29, 1.82) is 0 Å². The molecule has 0 saturated carbocycles. The third-order valence-corrected chi connectivity index (χ3v) is 4.52. The van der Waals surface area contributed by atoms with Gasteiger partial charge in [0.1, 0.15) is 10.9 Å². The van der Waals surface area contributed by atoms with Crippen LogP contribution < -0.4 is 4.72 Å². The fourth-order valence-electron chi connectivity index (χ4n) is 1.90. The number of sulfonamides is 1. The minimum Gasteiger partial charge on any atom is -0.480 e. The number of aromatic nitrogens is 1. The van der Waals surface area contributed by atoms with Crippen LogP contribution in [0.2, 0.25) is 0 Å². The second-order valence-electron chi connectivity index (χ2n) is 5.44. The minimum atomic E-state index is -4.13. The van der Waals surface area contributed by atoms with Crippen molar-refractivity contribution < 1.29 is 27.9 Å². The Kier molecular flexibility index (Phi) is 6.22. The number of carbonyl (C=O) groups is 2. The van der Waals surface area contributed by atoms with Crippen molar-refractivity contribution in [3.63, 3.8) is 0 Å². The highest BCUT2D eigenvalue weighted by Gasteiger charge is 2.27. The number of rotatable bonds is 7. The zero-order valence-electron chi connectivity index (χ0n) is 13.4. The molecule has 9 heteroatoms. The summed E-state index contributed by atoms with van der Waals surface area (Å²) in [5.74, 6) is -2.00. The van der Waals surface area contributed by atoms with E-state index in [-0.39, 0.29) is 22.8 Å². The Bertz CT molecular complexity index is 699. The molecule has 1 atom stereocenters. The number of carbonyl (C=O) groups excluding carboxylic acids is 1. The molecule has 0 fully saturated rings. The first-order chi connectivity index (χ1) is 10.6. The minimum absolute atomic E-state index is 0.00566. The number of nitrogens with zero attached hydrogens (tertiary/aromatic N) is 1. The Hall–Kier alpha value is -2.00. The third-order valence-electron chi connectivity index (χ3n) is 3.08. The molecule has 128 valence electrons. The molecule has 0 aromatic carbocycles. The van der Waals surface area contributed by atoms with Gasteiger partial charge in [-0.1, -0.05) is 13.8 Å². The van der Waals surface area contributed by atoms with Gasteiger partial charge < -0.3 is 9.84 Å². The second-order valence-corrected chi connectivity index (χ2v) is 7.15. The molecule has 2 N–H and O–H groups in total. The summed E-state index contributed by atoms with van der Waals surface area (Å²) in [6, 6.07) is -0.145. The molecule has 8 nitrogen and oxygen atoms in total. The summed E-state index contributed by atoms with van der Waals surface area (Å²) in [5.41, 5.74) is 0.318. The molecule has 0 spiro atoms. The number of carboxylic acids is 1. The lowest BCUT2D eigenvalue weighted by Crippen LogP contribution is -2.41. The predicted molar refractivity (Wildman–Crippen MR) is 81.5 cm³/mol. The number of pyridine rings is 1. The zero-order chi connectivity index (χ0) is 17.8. The molecule has 0 aliphatic rings. The zero-order valence-corrected chi connectivity index (χ0v) is 14.2. The number of carboxylic acid groups (broad SMARTS) is 1. The number of nitrogens with one attached hydrogen (secondary N) is 1. The standard InChI is InChI=1S/C14H20N2O6S/c1-8(2)5-12(13(17)18)16-23(20,21)10-6-11(14(19)22-4)9(3)15-7-10/h6-8,12,16H,5H2,1-4H3,(H,17,18). The van der Waals surface area contributed by atoms with Crippen LogP contribution in [0.3, 0.4) is 0 Å². The van der Waals surface area contributed by atoms with Crippen LogP contribution >= 0.6 is 0 Å². The SMILES string of the molecule is COC(=O)c1cc(S(=O)(=O)NC(CC(C)C)C(=O)O)cnc1C. The molecule has 1 rings (SSSR count). The largest absolute Gasteiger partial charge is 0.480 e. The highest BCUT2D eigenvalue weighted by molar-refractivity contribution is 7.89. The molecule has 0 bridgehead atoms. The monoisotopic (exact) mass is 344 g/mol. The maximum atomic E-state index is 12.3. The van der Waals surface area contributed by atoms with Gasteiger partial charge in [0.05, 0.1) is 18.4 Å². The van der Waals surface area contributed by atoms with E-state index in [0.29, 0.717) is 5.69 Å². The number of hydrogen-bond donors (Lipinski definition) is 2. The molecule has 1 aromatic rings. The Morgan fingerprint density at radius 3 is 2.48 bits per heavy atom. The quantitative estimate of drug-likeness (QED) is 0.706. The van der Waals surface area contributed by atoms with Crippen LogP contribution in [0.1, 0.15) is 36.3 Å². The number of methoxy groups -OCH3 is 1. The molecule has 0 amide bonds. The lowest BCUT2D eigenvalue weighted by atomic mass is 10.1. The summed E-state index contributed by atoms with van der Waals surface area (Å²) in [6.07, 6.45) is 1.20. The fourth-order valence-corrected chi connectivity index (χ4v) is 3.08. The molecule has 1 aromatic heterocycles. The molecule has 1 unspecified atom stereocenters. The predicted octanol–water partition coefficient (Wildman–Crippen LogP) is 0.954. The summed E-state index contributed by atoms with van der Waals surface area (Å²) < 4.78 is 31.4. The summed E-state index contributed by atoms with van der Waals surface area (Å²) in [6.45, 7) is 5.11. The molecule has 0 aliphatic carbocycles. The van der Waals surface area contributed by atoms with Gasteiger partial charge in [-0.2, -0.15) is 4.72 Å². The van der Waals surface area contributed by atoms with Crippen LogP contribution in [-0.4, -0.2) is 43.6 Å². The molecule has 23 heavy (non-hydrogen) atoms. The van der Waals surface area contributed by atoms with E-state index in [2.05, 4.69) is 14.4 Å². The van der Waals surface area contributed by atoms with Crippen molar-refractivity contribution in [2.24, 2.45) is 5.92 Å². The summed E-state index contributed by atoms with van der Waals surface area (Å²) in [5, 5.41) is 9.14. The van der Waals surface area contributed by atoms with Crippen LogP contribution in [-0.2, 0) is 19.6 Å². The second kappa shape index (κ2) is 7.51. The highest BCUT2D eigenvalue weighted by Crippen LogP contribution is 2.16. The van der Waals surface area contributed by atoms with E-state index in [0.717, 1.165) is 12.3 Å². The van der Waals surface area contributed by atoms with E-state index in [4.69, 9.17) is 5.11 Å². The van der Waals surface area contributed by atoms with Crippen LogP contribution in [0.4, 0.5) is 0 Å². The van der Waals surface area contributed by atoms with E-state index in [1.54, 1.807) is 13.8 Å². The maximum absolute atomic E-state index is 12.3. The molecule has 1 heterocycles. The third kappa shape index (κ3) is 5.00. The summed E-state index contributed by atoms with van der Waals surface area (Å²) in [7, 11) is -2.96. The van der Waals surface area contributed by atoms with Gasteiger partial charge in [-0.15, -0.1) is 0 Å². The summed E-state index contributed by atoms with van der Waals surface area (Å²) in [4.78, 5) is 26.4. The van der Waals surface area contributed by atoms with Crippen LogP contribution in [0.15, 0.2) is 17.2 Å². The number of aryl methyl sites for hydroxylation is 1. The highest BCUT2D eigenvalue weighted by atomic mass is 32.2. The van der Waals surface area contributed by atoms with Gasteiger partial charge in [-0.05, 0) is 25.3 Å². The topological polar surface area (TPSA) is 123 Å². The van der Waals surface area contributed by atoms with Gasteiger partial charge in [0.25, 0.3) is 0 Å². The molecule has 0 saturated heterocycles. The van der Waals surface area contributed by atoms with Crippen molar-refractivity contribution in [3.05, 3.63) is 23.5 Å². The van der Waals surface area contributed by atoms with Crippen molar-refractivity contribution in [2.75, 3.05) is 7.11 Å². The first-order valence-corrected chi connectivity index (χ1v) is 8.37. The van der Waals surface area contributed by atoms with Gasteiger partial charge in [0.15, 0.2) is 0 Å². The number of ether oxygens (including phenoxy) is 1. The lowest BCUT2D eigenvalue weighted by molar-refractivity contribution is -0.139. The average Bonchev–Trinajstić information content (AvgIpc) is 2.45. The van der Waals surface area contributed by atoms with Gasteiger partial charge in [-0.25, -0.2) is 13.2 Å². The van der Waals surface area contributed by atoms with E-state index in [9.17, 15) is 18.0 Å². The van der Waals surface area contributed by atoms with E-state index >= 15 is 0 Å². The van der Waals surface area contributed by atoms with Crippen LogP contribution in [0.5, 0.6) is 0 Å². The molecule has 0 aliphatic heterocycles. The van der Waals surface area contributed by atoms with Crippen molar-refractivity contribution in [3.8, 4) is 0 Å². The van der Waals surface area contributed by atoms with Crippen molar-refractivity contribution in [2.45, 2.75) is 38.1 Å². The van der Waals surface area contributed by atoms with Crippen molar-refractivity contribution >= 4 is 22.0 Å². The molecular weight excluding hydrogens is 324 g/mol. The van der Waals surface area contributed by atoms with E-state index < -0.39 is 28.0 Å². The normalized spacial score (nSPS) is 12.9. The Balaban J connectivity index is 3.17. The van der Waals surface area contributed by atoms with Gasteiger partial charge in [0, 0.05) is 6.20 Å². The number of hydrogen-bond acceptors (Lipinski definition) is 6. The van der Waals surface area contributed by atoms with Crippen molar-refractivity contribution in [1.82, 2.24) is 9.71 Å². The summed E-state index contributed by atoms with van der Waals surface area (Å²) >= 11 is 0. The molecule has 0 radical (unpaired) electrons. The first-order valence-electron chi connectivity index (χ1n) is 6.88. The van der Waals surface area contributed by atoms with Gasteiger partial charge >= 0.3 is 11.9 Å². The smallest absolute Gasteiger partial charge is 0.339 e.